The van der Waals surface area contributed by atoms with Gasteiger partial charge in [-0.2, -0.15) is 5.26 Å². The van der Waals surface area contributed by atoms with E-state index in [1.54, 1.807) is 44.2 Å². The summed E-state index contributed by atoms with van der Waals surface area (Å²) in [7, 11) is 0. The maximum atomic E-state index is 11.9. The number of esters is 1. The molecule has 0 radical (unpaired) electrons. The summed E-state index contributed by atoms with van der Waals surface area (Å²) in [6.45, 7) is 3.32. The number of cyclic esters (lactones) is 1. The Hall–Kier alpha value is -3.00. The van der Waals surface area contributed by atoms with Crippen LogP contribution in [0, 0.1) is 11.3 Å². The molecule has 0 atom stereocenters. The Morgan fingerprint density at radius 2 is 1.77 bits per heavy atom. The second-order valence-electron chi connectivity index (χ2n) is 5.45. The maximum absolute atomic E-state index is 11.9. The lowest BCUT2D eigenvalue weighted by molar-refractivity contribution is -0.127. The van der Waals surface area contributed by atoms with E-state index in [4.69, 9.17) is 14.7 Å². The second-order valence-corrected chi connectivity index (χ2v) is 5.45. The van der Waals surface area contributed by atoms with E-state index in [-0.39, 0.29) is 11.3 Å². The molecule has 1 heterocycles. The van der Waals surface area contributed by atoms with Gasteiger partial charge in [0, 0.05) is 13.8 Å². The molecule has 0 bridgehead atoms. The quantitative estimate of drug-likeness (QED) is 0.817. The Morgan fingerprint density at radius 1 is 1.09 bits per heavy atom. The van der Waals surface area contributed by atoms with Gasteiger partial charge in [-0.15, -0.1) is 0 Å². The summed E-state index contributed by atoms with van der Waals surface area (Å²) in [5.74, 6) is -1.08. The molecule has 2 aromatic rings. The molecule has 0 spiro atoms. The lowest BCUT2D eigenvalue weighted by atomic mass is 10.0. The summed E-state index contributed by atoms with van der Waals surface area (Å²) in [5.41, 5.74) is 2.08. The fourth-order valence-electron chi connectivity index (χ4n) is 2.32. The minimum Gasteiger partial charge on any atom is -0.507 e. The normalized spacial score (nSPS) is 15.2. The minimum absolute atomic E-state index is 0.0647. The fourth-order valence-corrected chi connectivity index (χ4v) is 2.32. The van der Waals surface area contributed by atoms with Crippen molar-refractivity contribution in [2.24, 2.45) is 0 Å². The summed E-state index contributed by atoms with van der Waals surface area (Å²) < 4.78 is 10.8. The number of benzene rings is 2. The molecule has 22 heavy (non-hydrogen) atoms. The van der Waals surface area contributed by atoms with Crippen molar-refractivity contribution in [3.8, 4) is 28.7 Å². The topological polar surface area (TPSA) is 79.5 Å². The smallest absolute Gasteiger partial charge is 0.345 e. The van der Waals surface area contributed by atoms with E-state index >= 15 is 0 Å². The third kappa shape index (κ3) is 2.35. The molecular formula is C17H13NO4. The number of rotatable bonds is 1. The Labute approximate surface area is 127 Å². The van der Waals surface area contributed by atoms with Crippen LogP contribution in [0.4, 0.5) is 0 Å². The van der Waals surface area contributed by atoms with E-state index in [1.807, 2.05) is 6.07 Å². The van der Waals surface area contributed by atoms with Crippen molar-refractivity contribution in [2.75, 3.05) is 0 Å². The third-order valence-electron chi connectivity index (χ3n) is 3.35. The molecule has 3 rings (SSSR count). The molecule has 110 valence electrons. The average molecular weight is 295 g/mol. The standard InChI is InChI=1S/C17H13NO4/c1-17(2)21-15-8-11(3-5-13(15)16(20)22-17)10-4-6-14(19)12(7-10)9-18/h3-8,19H,1-2H3. The van der Waals surface area contributed by atoms with Crippen LogP contribution in [-0.2, 0) is 4.74 Å². The Kier molecular flexibility index (Phi) is 3.03. The molecule has 0 fully saturated rings. The van der Waals surface area contributed by atoms with Crippen molar-refractivity contribution in [3.05, 3.63) is 47.5 Å². The van der Waals surface area contributed by atoms with Gasteiger partial charge in [0.25, 0.3) is 0 Å². The van der Waals surface area contributed by atoms with Gasteiger partial charge in [0.05, 0.1) is 5.56 Å². The lowest BCUT2D eigenvalue weighted by Crippen LogP contribution is -2.38. The Bertz CT molecular complexity index is 818. The van der Waals surface area contributed by atoms with Gasteiger partial charge in [0.15, 0.2) is 0 Å². The number of nitriles is 1. The molecule has 2 aromatic carbocycles. The van der Waals surface area contributed by atoms with Crippen LogP contribution in [0.2, 0.25) is 0 Å². The highest BCUT2D eigenvalue weighted by atomic mass is 16.7. The maximum Gasteiger partial charge on any atom is 0.345 e. The molecule has 0 aliphatic carbocycles. The summed E-state index contributed by atoms with van der Waals surface area (Å²) in [5, 5.41) is 18.6. The first-order valence-corrected chi connectivity index (χ1v) is 6.69. The van der Waals surface area contributed by atoms with Crippen LogP contribution < -0.4 is 4.74 Å². The average Bonchev–Trinajstić information content (AvgIpc) is 2.46. The van der Waals surface area contributed by atoms with Gasteiger partial charge < -0.3 is 14.6 Å². The number of aromatic hydroxyl groups is 1. The first kappa shape index (κ1) is 14.0. The van der Waals surface area contributed by atoms with Crippen molar-refractivity contribution in [1.82, 2.24) is 0 Å². The molecule has 0 saturated carbocycles. The van der Waals surface area contributed by atoms with Gasteiger partial charge in [-0.05, 0) is 35.4 Å². The minimum atomic E-state index is -1.02. The van der Waals surface area contributed by atoms with Gasteiger partial charge in [0.2, 0.25) is 5.79 Å². The highest BCUT2D eigenvalue weighted by molar-refractivity contribution is 5.94. The number of phenolic OH excluding ortho intramolecular Hbond substituents is 1. The predicted octanol–water partition coefficient (Wildman–Crippen LogP) is 3.22. The lowest BCUT2D eigenvalue weighted by Gasteiger charge is -2.31. The van der Waals surface area contributed by atoms with Crippen LogP contribution in [-0.4, -0.2) is 16.9 Å². The van der Waals surface area contributed by atoms with Gasteiger partial charge in [0.1, 0.15) is 23.1 Å². The van der Waals surface area contributed by atoms with Gasteiger partial charge in [-0.25, -0.2) is 4.79 Å². The highest BCUT2D eigenvalue weighted by Gasteiger charge is 2.33. The fraction of sp³-hybridized carbons (Fsp3) is 0.176. The summed E-state index contributed by atoms with van der Waals surface area (Å²) in [4.78, 5) is 11.9. The van der Waals surface area contributed by atoms with Crippen molar-refractivity contribution < 1.29 is 19.4 Å². The summed E-state index contributed by atoms with van der Waals surface area (Å²) >= 11 is 0. The van der Waals surface area contributed by atoms with Crippen LogP contribution >= 0.6 is 0 Å². The van der Waals surface area contributed by atoms with Crippen molar-refractivity contribution >= 4 is 5.97 Å². The molecule has 1 aliphatic rings. The zero-order chi connectivity index (χ0) is 15.9. The summed E-state index contributed by atoms with van der Waals surface area (Å²) in [6.07, 6.45) is 0. The number of phenols is 1. The zero-order valence-corrected chi connectivity index (χ0v) is 12.1. The molecule has 1 N–H and O–H groups in total. The van der Waals surface area contributed by atoms with E-state index in [0.717, 1.165) is 11.1 Å². The number of carbonyl (C=O) groups excluding carboxylic acids is 1. The highest BCUT2D eigenvalue weighted by Crippen LogP contribution is 2.35. The number of ether oxygens (including phenoxy) is 2. The molecule has 0 unspecified atom stereocenters. The Balaban J connectivity index is 2.08. The van der Waals surface area contributed by atoms with Crippen LogP contribution in [0.1, 0.15) is 29.8 Å². The van der Waals surface area contributed by atoms with E-state index in [0.29, 0.717) is 11.3 Å². The van der Waals surface area contributed by atoms with Crippen molar-refractivity contribution in [3.63, 3.8) is 0 Å². The van der Waals surface area contributed by atoms with Gasteiger partial charge in [-0.1, -0.05) is 12.1 Å². The van der Waals surface area contributed by atoms with Crippen LogP contribution in [0.25, 0.3) is 11.1 Å². The molecule has 5 heteroatoms. The largest absolute Gasteiger partial charge is 0.507 e. The Morgan fingerprint density at radius 3 is 2.50 bits per heavy atom. The van der Waals surface area contributed by atoms with Crippen molar-refractivity contribution in [2.45, 2.75) is 19.6 Å². The molecule has 0 amide bonds. The van der Waals surface area contributed by atoms with Gasteiger partial charge >= 0.3 is 5.97 Å². The van der Waals surface area contributed by atoms with E-state index in [2.05, 4.69) is 0 Å². The number of carbonyl (C=O) groups is 1. The predicted molar refractivity (Wildman–Crippen MR) is 78.4 cm³/mol. The van der Waals surface area contributed by atoms with E-state index in [9.17, 15) is 9.90 Å². The zero-order valence-electron chi connectivity index (χ0n) is 12.1. The van der Waals surface area contributed by atoms with E-state index in [1.165, 1.54) is 6.07 Å². The van der Waals surface area contributed by atoms with Crippen LogP contribution in [0.3, 0.4) is 0 Å². The van der Waals surface area contributed by atoms with Crippen molar-refractivity contribution in [1.29, 1.82) is 5.26 Å². The van der Waals surface area contributed by atoms with E-state index < -0.39 is 11.8 Å². The summed E-state index contributed by atoms with van der Waals surface area (Å²) in [6, 6.07) is 11.8. The molecular weight excluding hydrogens is 282 g/mol. The molecule has 0 saturated heterocycles. The van der Waals surface area contributed by atoms with Gasteiger partial charge in [-0.3, -0.25) is 0 Å². The molecule has 0 aromatic heterocycles. The second kappa shape index (κ2) is 4.78. The van der Waals surface area contributed by atoms with Crippen LogP contribution in [0.15, 0.2) is 36.4 Å². The first-order chi connectivity index (χ1) is 10.4. The molecule has 1 aliphatic heterocycles. The number of hydrogen-bond acceptors (Lipinski definition) is 5. The molecule has 5 nitrogen and oxygen atoms in total. The number of hydrogen-bond donors (Lipinski definition) is 1. The number of fused-ring (bicyclic) bond motifs is 1. The van der Waals surface area contributed by atoms with Crippen LogP contribution in [0.5, 0.6) is 11.5 Å². The monoisotopic (exact) mass is 295 g/mol. The first-order valence-electron chi connectivity index (χ1n) is 6.69. The number of nitrogens with zero attached hydrogens (tertiary/aromatic N) is 1. The SMILES string of the molecule is CC1(C)OC(=O)c2ccc(-c3ccc(O)c(C#N)c3)cc2O1. The third-order valence-corrected chi connectivity index (χ3v) is 3.35.